The van der Waals surface area contributed by atoms with Crippen LogP contribution in [0.3, 0.4) is 0 Å². The van der Waals surface area contributed by atoms with Gasteiger partial charge < -0.3 is 20.3 Å². The number of hydrogen-bond acceptors (Lipinski definition) is 5. The van der Waals surface area contributed by atoms with Crippen LogP contribution in [0, 0.1) is 0 Å². The highest BCUT2D eigenvalue weighted by Crippen LogP contribution is 2.31. The molecule has 0 saturated carbocycles. The Kier molecular flexibility index (Phi) is 6.30. The summed E-state index contributed by atoms with van der Waals surface area (Å²) < 4.78 is 5.50. The monoisotopic (exact) mass is 408 g/mol. The summed E-state index contributed by atoms with van der Waals surface area (Å²) >= 11 is 0. The second-order valence-corrected chi connectivity index (χ2v) is 7.75. The van der Waals surface area contributed by atoms with Crippen molar-refractivity contribution < 1.29 is 14.3 Å². The Balaban J connectivity index is 1.45. The molecule has 2 aliphatic rings. The minimum absolute atomic E-state index is 0.00131. The van der Waals surface area contributed by atoms with Gasteiger partial charge in [-0.1, -0.05) is 30.3 Å². The van der Waals surface area contributed by atoms with E-state index in [2.05, 4.69) is 45.7 Å². The third kappa shape index (κ3) is 4.63. The van der Waals surface area contributed by atoms with Gasteiger partial charge in [-0.2, -0.15) is 0 Å². The maximum absolute atomic E-state index is 12.4. The smallest absolute Gasteiger partial charge is 0.313 e. The van der Waals surface area contributed by atoms with Gasteiger partial charge in [-0.05, 0) is 35.7 Å². The van der Waals surface area contributed by atoms with Gasteiger partial charge in [-0.3, -0.25) is 14.5 Å². The predicted molar refractivity (Wildman–Crippen MR) is 117 cm³/mol. The summed E-state index contributed by atoms with van der Waals surface area (Å²) in [5.41, 5.74) is 4.37. The lowest BCUT2D eigenvalue weighted by atomic mass is 10.0. The number of ether oxygens (including phenoxy) is 1. The van der Waals surface area contributed by atoms with Crippen LogP contribution < -0.4 is 15.5 Å². The molecule has 0 radical (unpaired) electrons. The molecule has 7 nitrogen and oxygen atoms in total. The fraction of sp³-hybridized carbons (Fsp3) is 0.391. The molecule has 0 aliphatic carbocycles. The lowest BCUT2D eigenvalue weighted by molar-refractivity contribution is -0.136. The molecular weight excluding hydrogens is 380 g/mol. The molecule has 0 unspecified atom stereocenters. The van der Waals surface area contributed by atoms with E-state index in [-0.39, 0.29) is 6.04 Å². The fourth-order valence-electron chi connectivity index (χ4n) is 4.12. The number of carbonyl (C=O) groups excluding carboxylic acids is 2. The van der Waals surface area contributed by atoms with Crippen molar-refractivity contribution >= 4 is 23.2 Å². The van der Waals surface area contributed by atoms with Crippen LogP contribution in [0.1, 0.15) is 17.2 Å². The molecule has 158 valence electrons. The van der Waals surface area contributed by atoms with Crippen molar-refractivity contribution in [2.75, 3.05) is 56.7 Å². The van der Waals surface area contributed by atoms with E-state index in [1.54, 1.807) is 12.1 Å². The van der Waals surface area contributed by atoms with Crippen molar-refractivity contribution in [1.29, 1.82) is 0 Å². The van der Waals surface area contributed by atoms with Crippen LogP contribution in [0.4, 0.5) is 11.4 Å². The van der Waals surface area contributed by atoms with Gasteiger partial charge in [0.25, 0.3) is 0 Å². The Bertz CT molecular complexity index is 897. The van der Waals surface area contributed by atoms with E-state index in [1.165, 1.54) is 11.3 Å². The third-order valence-electron chi connectivity index (χ3n) is 5.80. The van der Waals surface area contributed by atoms with Crippen molar-refractivity contribution in [1.82, 2.24) is 10.2 Å². The lowest BCUT2D eigenvalue weighted by Gasteiger charge is -2.35. The first-order valence-electron chi connectivity index (χ1n) is 10.4. The number of fused-ring (bicyclic) bond motifs is 1. The van der Waals surface area contributed by atoms with Gasteiger partial charge in [0, 0.05) is 44.6 Å². The standard InChI is InChI=1S/C23H28N4O3/c1-26-10-9-18-15-17(7-8-20(18)26)21(27-11-13-30-14-12-27)16-24-22(28)23(29)25-19-5-3-2-4-6-19/h2-8,15,21H,9-14,16H2,1H3,(H,24,28)(H,25,29)/t21-/m0/s1. The fourth-order valence-corrected chi connectivity index (χ4v) is 4.12. The van der Waals surface area contributed by atoms with Gasteiger partial charge in [-0.25, -0.2) is 0 Å². The first-order valence-corrected chi connectivity index (χ1v) is 10.4. The molecule has 30 heavy (non-hydrogen) atoms. The average Bonchev–Trinajstić information content (AvgIpc) is 3.15. The van der Waals surface area contributed by atoms with Crippen LogP contribution in [-0.4, -0.2) is 63.2 Å². The van der Waals surface area contributed by atoms with Crippen molar-refractivity contribution in [3.8, 4) is 0 Å². The van der Waals surface area contributed by atoms with E-state index in [4.69, 9.17) is 4.74 Å². The molecule has 7 heteroatoms. The van der Waals surface area contributed by atoms with E-state index in [1.807, 2.05) is 18.2 Å². The van der Waals surface area contributed by atoms with Crippen LogP contribution in [0.15, 0.2) is 48.5 Å². The molecule has 2 N–H and O–H groups in total. The molecule has 2 aromatic carbocycles. The molecular formula is C23H28N4O3. The zero-order chi connectivity index (χ0) is 20.9. The first kappa shape index (κ1) is 20.4. The number of likely N-dealkylation sites (N-methyl/N-ethyl adjacent to an activating group) is 1. The number of para-hydroxylation sites is 1. The number of morpholine rings is 1. The van der Waals surface area contributed by atoms with Crippen molar-refractivity contribution in [2.45, 2.75) is 12.5 Å². The number of anilines is 2. The highest BCUT2D eigenvalue weighted by Gasteiger charge is 2.26. The Morgan fingerprint density at radius 1 is 1.03 bits per heavy atom. The Morgan fingerprint density at radius 2 is 1.80 bits per heavy atom. The van der Waals surface area contributed by atoms with Gasteiger partial charge in [0.05, 0.1) is 19.3 Å². The maximum atomic E-state index is 12.4. The number of benzene rings is 2. The summed E-state index contributed by atoms with van der Waals surface area (Å²) in [5, 5.41) is 5.46. The largest absolute Gasteiger partial charge is 0.379 e. The number of rotatable bonds is 5. The normalized spacial score (nSPS) is 17.3. The van der Waals surface area contributed by atoms with Crippen LogP contribution in [0.25, 0.3) is 0 Å². The number of hydrogen-bond donors (Lipinski definition) is 2. The minimum Gasteiger partial charge on any atom is -0.379 e. The molecule has 2 amide bonds. The molecule has 1 fully saturated rings. The summed E-state index contributed by atoms with van der Waals surface area (Å²) in [6.45, 7) is 4.34. The molecule has 2 aliphatic heterocycles. The van der Waals surface area contributed by atoms with E-state index in [0.717, 1.165) is 31.6 Å². The topological polar surface area (TPSA) is 73.9 Å². The molecule has 4 rings (SSSR count). The predicted octanol–water partition coefficient (Wildman–Crippen LogP) is 1.81. The molecule has 2 heterocycles. The van der Waals surface area contributed by atoms with Crippen molar-refractivity contribution in [2.24, 2.45) is 0 Å². The van der Waals surface area contributed by atoms with E-state index in [9.17, 15) is 9.59 Å². The Hall–Kier alpha value is -2.90. The molecule has 1 atom stereocenters. The first-order chi connectivity index (χ1) is 14.6. The molecule has 0 spiro atoms. The Labute approximate surface area is 177 Å². The van der Waals surface area contributed by atoms with Crippen LogP contribution in [0.2, 0.25) is 0 Å². The summed E-state index contributed by atoms with van der Waals surface area (Å²) in [5.74, 6) is -1.28. The zero-order valence-corrected chi connectivity index (χ0v) is 17.3. The third-order valence-corrected chi connectivity index (χ3v) is 5.80. The number of carbonyl (C=O) groups is 2. The van der Waals surface area contributed by atoms with E-state index >= 15 is 0 Å². The second-order valence-electron chi connectivity index (χ2n) is 7.75. The lowest BCUT2D eigenvalue weighted by Crippen LogP contribution is -2.45. The van der Waals surface area contributed by atoms with Crippen molar-refractivity contribution in [3.63, 3.8) is 0 Å². The zero-order valence-electron chi connectivity index (χ0n) is 17.3. The number of amides is 2. The number of nitrogens with one attached hydrogen (secondary N) is 2. The van der Waals surface area contributed by atoms with E-state index < -0.39 is 11.8 Å². The average molecular weight is 409 g/mol. The molecule has 0 bridgehead atoms. The molecule has 0 aromatic heterocycles. The summed E-state index contributed by atoms with van der Waals surface area (Å²) in [4.78, 5) is 29.3. The van der Waals surface area contributed by atoms with Gasteiger partial charge in [-0.15, -0.1) is 0 Å². The molecule has 1 saturated heterocycles. The highest BCUT2D eigenvalue weighted by molar-refractivity contribution is 6.39. The summed E-state index contributed by atoms with van der Waals surface area (Å²) in [7, 11) is 2.11. The van der Waals surface area contributed by atoms with Crippen molar-refractivity contribution in [3.05, 3.63) is 59.7 Å². The van der Waals surface area contributed by atoms with Crippen LogP contribution in [0.5, 0.6) is 0 Å². The van der Waals surface area contributed by atoms with Gasteiger partial charge in [0.2, 0.25) is 0 Å². The van der Waals surface area contributed by atoms with Crippen LogP contribution in [-0.2, 0) is 20.7 Å². The SMILES string of the molecule is CN1CCc2cc([C@H](CNC(=O)C(=O)Nc3ccccc3)N3CCOCC3)ccc21. The van der Waals surface area contributed by atoms with Crippen LogP contribution >= 0.6 is 0 Å². The van der Waals surface area contributed by atoms with E-state index in [0.29, 0.717) is 25.4 Å². The van der Waals surface area contributed by atoms with Gasteiger partial charge in [0.15, 0.2) is 0 Å². The number of nitrogens with zero attached hydrogens (tertiary/aromatic N) is 2. The van der Waals surface area contributed by atoms with Gasteiger partial charge >= 0.3 is 11.8 Å². The van der Waals surface area contributed by atoms with Gasteiger partial charge in [0.1, 0.15) is 0 Å². The second kappa shape index (κ2) is 9.28. The quantitative estimate of drug-likeness (QED) is 0.739. The maximum Gasteiger partial charge on any atom is 0.313 e. The minimum atomic E-state index is -0.655. The molecule has 2 aromatic rings. The summed E-state index contributed by atoms with van der Waals surface area (Å²) in [6.07, 6.45) is 1.03. The Morgan fingerprint density at radius 3 is 2.57 bits per heavy atom. The summed E-state index contributed by atoms with van der Waals surface area (Å²) in [6, 6.07) is 15.5. The highest BCUT2D eigenvalue weighted by atomic mass is 16.5.